The Kier molecular flexibility index (Phi) is 7.02. The SMILES string of the molecule is NC(=O)[C@H](Cc1ccccc1)CC(O)CN1CCN(Cc2cc3ccccc3o2)CC1. The summed E-state index contributed by atoms with van der Waals surface area (Å²) < 4.78 is 5.94. The van der Waals surface area contributed by atoms with Crippen molar-refractivity contribution in [3.8, 4) is 0 Å². The summed E-state index contributed by atoms with van der Waals surface area (Å²) in [5, 5.41) is 11.7. The minimum absolute atomic E-state index is 0.349. The van der Waals surface area contributed by atoms with Gasteiger partial charge in [-0.25, -0.2) is 0 Å². The highest BCUT2D eigenvalue weighted by atomic mass is 16.3. The third-order valence-corrected chi connectivity index (χ3v) is 6.07. The molecule has 3 aromatic rings. The first-order chi connectivity index (χ1) is 15.1. The number of aliphatic hydroxyl groups excluding tert-OH is 1. The fourth-order valence-corrected chi connectivity index (χ4v) is 4.36. The van der Waals surface area contributed by atoms with E-state index in [4.69, 9.17) is 10.2 Å². The van der Waals surface area contributed by atoms with Crippen molar-refractivity contribution in [2.24, 2.45) is 11.7 Å². The molecular weight excluding hydrogens is 390 g/mol. The number of primary amides is 1. The molecule has 2 aromatic carbocycles. The van der Waals surface area contributed by atoms with Crippen LogP contribution in [-0.4, -0.2) is 59.6 Å². The lowest BCUT2D eigenvalue weighted by molar-refractivity contribution is -0.122. The molecule has 164 valence electrons. The second-order valence-corrected chi connectivity index (χ2v) is 8.51. The van der Waals surface area contributed by atoms with Gasteiger partial charge in [-0.1, -0.05) is 48.5 Å². The van der Waals surface area contributed by atoms with Crippen molar-refractivity contribution in [3.63, 3.8) is 0 Å². The van der Waals surface area contributed by atoms with Crippen molar-refractivity contribution in [2.45, 2.75) is 25.5 Å². The zero-order valence-electron chi connectivity index (χ0n) is 17.8. The molecule has 0 bridgehead atoms. The monoisotopic (exact) mass is 421 g/mol. The molecule has 31 heavy (non-hydrogen) atoms. The molecule has 6 heteroatoms. The Balaban J connectivity index is 1.23. The third-order valence-electron chi connectivity index (χ3n) is 6.07. The summed E-state index contributed by atoms with van der Waals surface area (Å²) >= 11 is 0. The summed E-state index contributed by atoms with van der Waals surface area (Å²) in [6, 6.07) is 20.0. The van der Waals surface area contributed by atoms with E-state index in [1.807, 2.05) is 48.5 Å². The molecule has 2 heterocycles. The number of nitrogens with zero attached hydrogens (tertiary/aromatic N) is 2. The van der Waals surface area contributed by atoms with E-state index in [-0.39, 0.29) is 11.8 Å². The summed E-state index contributed by atoms with van der Waals surface area (Å²) in [4.78, 5) is 16.5. The highest BCUT2D eigenvalue weighted by Crippen LogP contribution is 2.21. The summed E-state index contributed by atoms with van der Waals surface area (Å²) in [5.41, 5.74) is 7.60. The van der Waals surface area contributed by atoms with Crippen molar-refractivity contribution < 1.29 is 14.3 Å². The molecule has 3 N–H and O–H groups in total. The van der Waals surface area contributed by atoms with Crippen LogP contribution >= 0.6 is 0 Å². The van der Waals surface area contributed by atoms with Crippen LogP contribution in [0, 0.1) is 5.92 Å². The molecule has 0 saturated carbocycles. The Bertz CT molecular complexity index is 947. The Morgan fingerprint density at radius 3 is 2.39 bits per heavy atom. The van der Waals surface area contributed by atoms with Gasteiger partial charge in [0.15, 0.2) is 0 Å². The zero-order chi connectivity index (χ0) is 21.6. The Morgan fingerprint density at radius 1 is 1.00 bits per heavy atom. The number of furan rings is 1. The van der Waals surface area contributed by atoms with Crippen molar-refractivity contribution >= 4 is 16.9 Å². The van der Waals surface area contributed by atoms with Gasteiger partial charge >= 0.3 is 0 Å². The van der Waals surface area contributed by atoms with Gasteiger partial charge in [0.2, 0.25) is 5.91 Å². The standard InChI is InChI=1S/C25H31N3O3/c26-25(30)21(14-19-6-2-1-3-7-19)15-22(29)17-27-10-12-28(13-11-27)18-23-16-20-8-4-5-9-24(20)31-23/h1-9,16,21-22,29H,10-15,17-18H2,(H2,26,30)/t21-,22?/m1/s1. The van der Waals surface area contributed by atoms with Crippen molar-refractivity contribution in [3.05, 3.63) is 72.0 Å². The molecule has 1 aliphatic rings. The largest absolute Gasteiger partial charge is 0.460 e. The van der Waals surface area contributed by atoms with E-state index >= 15 is 0 Å². The normalized spacial score (nSPS) is 17.6. The van der Waals surface area contributed by atoms with Gasteiger partial charge in [-0.05, 0) is 30.5 Å². The summed E-state index contributed by atoms with van der Waals surface area (Å²) in [6.45, 7) is 4.98. The number of aliphatic hydroxyl groups is 1. The lowest BCUT2D eigenvalue weighted by Gasteiger charge is -2.35. The minimum Gasteiger partial charge on any atom is -0.460 e. The third kappa shape index (κ3) is 5.94. The van der Waals surface area contributed by atoms with Crippen LogP contribution in [0.15, 0.2) is 65.1 Å². The molecule has 0 radical (unpaired) electrons. The number of hydrogen-bond donors (Lipinski definition) is 2. The fraction of sp³-hybridized carbons (Fsp3) is 0.400. The van der Waals surface area contributed by atoms with Gasteiger partial charge < -0.3 is 15.3 Å². The Labute approximate surface area is 183 Å². The van der Waals surface area contributed by atoms with Crippen LogP contribution in [0.4, 0.5) is 0 Å². The van der Waals surface area contributed by atoms with Crippen LogP contribution in [0.5, 0.6) is 0 Å². The number of benzene rings is 2. The number of fused-ring (bicyclic) bond motifs is 1. The van der Waals surface area contributed by atoms with Gasteiger partial charge in [0.05, 0.1) is 12.6 Å². The molecule has 1 unspecified atom stereocenters. The summed E-state index contributed by atoms with van der Waals surface area (Å²) in [7, 11) is 0. The van der Waals surface area contributed by atoms with Crippen LogP contribution in [0.2, 0.25) is 0 Å². The van der Waals surface area contributed by atoms with Gasteiger partial charge in [0.1, 0.15) is 11.3 Å². The Morgan fingerprint density at radius 2 is 1.68 bits per heavy atom. The highest BCUT2D eigenvalue weighted by Gasteiger charge is 2.24. The number of carbonyl (C=O) groups is 1. The molecule has 6 nitrogen and oxygen atoms in total. The van der Waals surface area contributed by atoms with E-state index in [9.17, 15) is 9.90 Å². The summed E-state index contributed by atoms with van der Waals surface area (Å²) in [6.07, 6.45) is 0.394. The van der Waals surface area contributed by atoms with Gasteiger partial charge in [-0.15, -0.1) is 0 Å². The smallest absolute Gasteiger partial charge is 0.220 e. The van der Waals surface area contributed by atoms with Crippen LogP contribution < -0.4 is 5.73 Å². The molecule has 2 atom stereocenters. The second kappa shape index (κ2) is 10.1. The average Bonchev–Trinajstić information content (AvgIpc) is 3.17. The lowest BCUT2D eigenvalue weighted by Crippen LogP contribution is -2.48. The van der Waals surface area contributed by atoms with Crippen LogP contribution in [-0.2, 0) is 17.8 Å². The number of nitrogens with two attached hydrogens (primary N) is 1. The number of piperazine rings is 1. The second-order valence-electron chi connectivity index (χ2n) is 8.51. The molecule has 1 amide bonds. The maximum atomic E-state index is 11.9. The maximum absolute atomic E-state index is 11.9. The van der Waals surface area contributed by atoms with Crippen molar-refractivity contribution in [1.82, 2.24) is 9.80 Å². The Hall–Kier alpha value is -2.67. The van der Waals surface area contributed by atoms with E-state index in [1.165, 1.54) is 0 Å². The molecule has 1 saturated heterocycles. The zero-order valence-corrected chi connectivity index (χ0v) is 17.8. The molecular formula is C25H31N3O3. The van der Waals surface area contributed by atoms with Crippen molar-refractivity contribution in [1.29, 1.82) is 0 Å². The number of carbonyl (C=O) groups excluding carboxylic acids is 1. The first-order valence-electron chi connectivity index (χ1n) is 11.0. The average molecular weight is 422 g/mol. The fourth-order valence-electron chi connectivity index (χ4n) is 4.36. The van der Waals surface area contributed by atoms with Crippen LogP contribution in [0.1, 0.15) is 17.7 Å². The van der Waals surface area contributed by atoms with E-state index in [0.717, 1.165) is 55.0 Å². The van der Waals surface area contributed by atoms with E-state index in [1.54, 1.807) is 0 Å². The molecule has 0 aliphatic carbocycles. The maximum Gasteiger partial charge on any atom is 0.220 e. The number of para-hydroxylation sites is 1. The van der Waals surface area contributed by atoms with Crippen LogP contribution in [0.25, 0.3) is 11.0 Å². The lowest BCUT2D eigenvalue weighted by atomic mass is 9.93. The molecule has 1 aliphatic heterocycles. The van der Waals surface area contributed by atoms with E-state index in [0.29, 0.717) is 19.4 Å². The molecule has 0 spiro atoms. The van der Waals surface area contributed by atoms with Gasteiger partial charge in [-0.3, -0.25) is 14.6 Å². The van der Waals surface area contributed by atoms with Crippen molar-refractivity contribution in [2.75, 3.05) is 32.7 Å². The van der Waals surface area contributed by atoms with Gasteiger partial charge in [0.25, 0.3) is 0 Å². The van der Waals surface area contributed by atoms with E-state index in [2.05, 4.69) is 21.9 Å². The first-order valence-corrected chi connectivity index (χ1v) is 11.0. The number of hydrogen-bond acceptors (Lipinski definition) is 5. The topological polar surface area (TPSA) is 82.9 Å². The first kappa shape index (κ1) is 21.6. The molecule has 4 rings (SSSR count). The highest BCUT2D eigenvalue weighted by molar-refractivity contribution is 5.77. The number of β-amino-alcohol motifs (C(OH)–C–C–N with tert-alkyl or cyclic N) is 1. The van der Waals surface area contributed by atoms with Gasteiger partial charge in [-0.2, -0.15) is 0 Å². The number of amides is 1. The van der Waals surface area contributed by atoms with E-state index < -0.39 is 6.10 Å². The predicted octanol–water partition coefficient (Wildman–Crippen LogP) is 2.65. The van der Waals surface area contributed by atoms with Crippen LogP contribution in [0.3, 0.4) is 0 Å². The molecule has 1 fully saturated rings. The predicted molar refractivity (Wildman–Crippen MR) is 121 cm³/mol. The molecule has 1 aromatic heterocycles. The van der Waals surface area contributed by atoms with Gasteiger partial charge in [0, 0.05) is 44.0 Å². The summed E-state index contributed by atoms with van der Waals surface area (Å²) in [5.74, 6) is 0.283. The minimum atomic E-state index is -0.567. The quantitative estimate of drug-likeness (QED) is 0.555. The number of rotatable bonds is 9.